The highest BCUT2D eigenvalue weighted by Gasteiger charge is 2.36. The lowest BCUT2D eigenvalue weighted by molar-refractivity contribution is 0.0834. The molecular weight excluding hydrogens is 346 g/mol. The zero-order valence-corrected chi connectivity index (χ0v) is 16.0. The van der Waals surface area contributed by atoms with Crippen molar-refractivity contribution in [2.24, 2.45) is 5.41 Å². The molecule has 0 spiro atoms. The summed E-state index contributed by atoms with van der Waals surface area (Å²) < 4.78 is 14.7. The van der Waals surface area contributed by atoms with Crippen molar-refractivity contribution in [3.8, 4) is 0 Å². The van der Waals surface area contributed by atoms with Crippen LogP contribution in [0.1, 0.15) is 37.9 Å². The monoisotopic (exact) mass is 370 g/mol. The van der Waals surface area contributed by atoms with Gasteiger partial charge in [-0.25, -0.2) is 4.39 Å². The van der Waals surface area contributed by atoms with Gasteiger partial charge < -0.3 is 5.32 Å². The predicted octanol–water partition coefficient (Wildman–Crippen LogP) is 4.62. The summed E-state index contributed by atoms with van der Waals surface area (Å²) in [4.78, 5) is 2.35. The summed E-state index contributed by atoms with van der Waals surface area (Å²) in [6.45, 7) is 12.0. The zero-order chi connectivity index (χ0) is 14.9. The first-order chi connectivity index (χ1) is 9.32. The van der Waals surface area contributed by atoms with Crippen LogP contribution in [-0.2, 0) is 0 Å². The maximum atomic E-state index is 14.7. The Morgan fingerprint density at radius 3 is 2.23 bits per heavy atom. The summed E-state index contributed by atoms with van der Waals surface area (Å²) in [6.07, 6.45) is 0. The maximum Gasteiger partial charge on any atom is 0.132 e. The van der Waals surface area contributed by atoms with Crippen molar-refractivity contribution in [2.75, 3.05) is 26.2 Å². The van der Waals surface area contributed by atoms with Crippen molar-refractivity contribution in [1.29, 1.82) is 0 Å². The van der Waals surface area contributed by atoms with Gasteiger partial charge in [0.05, 0.1) is 0 Å². The molecule has 0 bridgehead atoms. The predicted molar refractivity (Wildman–Crippen MR) is 97.3 cm³/mol. The Morgan fingerprint density at radius 1 is 1.18 bits per heavy atom. The fraction of sp³-hybridized carbons (Fsp3) is 0.625. The van der Waals surface area contributed by atoms with Crippen molar-refractivity contribution < 1.29 is 4.39 Å². The van der Waals surface area contributed by atoms with Crippen molar-refractivity contribution in [3.63, 3.8) is 0 Å². The summed E-state index contributed by atoms with van der Waals surface area (Å²) >= 11 is 6.34. The Balaban J connectivity index is 0.00000220. The zero-order valence-electron chi connectivity index (χ0n) is 13.6. The second-order valence-electron chi connectivity index (χ2n) is 6.65. The molecule has 0 aromatic heterocycles. The third-order valence-electron chi connectivity index (χ3n) is 3.93. The summed E-state index contributed by atoms with van der Waals surface area (Å²) in [6, 6.07) is 3.56. The normalized spacial score (nSPS) is 17.4. The van der Waals surface area contributed by atoms with E-state index in [1.165, 1.54) is 0 Å². The molecule has 1 fully saturated rings. The third kappa shape index (κ3) is 4.72. The van der Waals surface area contributed by atoms with Gasteiger partial charge in [-0.15, -0.1) is 24.8 Å². The average Bonchev–Trinajstić information content (AvgIpc) is 2.39. The number of aryl methyl sites for hydroxylation is 1. The number of hydrogen-bond donors (Lipinski definition) is 1. The lowest BCUT2D eigenvalue weighted by Crippen LogP contribution is -2.48. The highest BCUT2D eigenvalue weighted by molar-refractivity contribution is 6.31. The van der Waals surface area contributed by atoms with Crippen LogP contribution in [0.3, 0.4) is 0 Å². The van der Waals surface area contributed by atoms with Crippen LogP contribution in [0.4, 0.5) is 4.39 Å². The first-order valence-electron chi connectivity index (χ1n) is 7.21. The molecule has 0 radical (unpaired) electrons. The smallest absolute Gasteiger partial charge is 0.132 e. The van der Waals surface area contributed by atoms with E-state index in [0.29, 0.717) is 16.1 Å². The number of halogens is 4. The van der Waals surface area contributed by atoms with Gasteiger partial charge in [-0.2, -0.15) is 0 Å². The second-order valence-corrected chi connectivity index (χ2v) is 7.05. The van der Waals surface area contributed by atoms with Crippen molar-refractivity contribution in [1.82, 2.24) is 10.2 Å². The Bertz CT molecular complexity index is 483. The Kier molecular flexibility index (Phi) is 8.67. The van der Waals surface area contributed by atoms with Gasteiger partial charge in [-0.3, -0.25) is 4.90 Å². The van der Waals surface area contributed by atoms with Crippen LogP contribution in [0.5, 0.6) is 0 Å². The molecule has 1 N–H and O–H groups in total. The molecule has 1 aliphatic rings. The van der Waals surface area contributed by atoms with Gasteiger partial charge in [0.1, 0.15) is 5.82 Å². The van der Waals surface area contributed by atoms with Crippen LogP contribution in [0.15, 0.2) is 12.1 Å². The van der Waals surface area contributed by atoms with Gasteiger partial charge in [-0.1, -0.05) is 38.4 Å². The van der Waals surface area contributed by atoms with E-state index in [9.17, 15) is 4.39 Å². The van der Waals surface area contributed by atoms with Crippen LogP contribution >= 0.6 is 36.4 Å². The molecule has 0 aliphatic carbocycles. The van der Waals surface area contributed by atoms with Crippen LogP contribution in [0.25, 0.3) is 0 Å². The number of piperazine rings is 1. The van der Waals surface area contributed by atoms with E-state index in [0.717, 1.165) is 26.2 Å². The second kappa shape index (κ2) is 8.70. The van der Waals surface area contributed by atoms with Crippen LogP contribution in [0, 0.1) is 18.2 Å². The molecule has 128 valence electrons. The van der Waals surface area contributed by atoms with Gasteiger partial charge in [0.15, 0.2) is 0 Å². The Morgan fingerprint density at radius 2 is 1.73 bits per heavy atom. The van der Waals surface area contributed by atoms with Crippen molar-refractivity contribution in [3.05, 3.63) is 34.1 Å². The van der Waals surface area contributed by atoms with Crippen LogP contribution in [-0.4, -0.2) is 31.1 Å². The molecule has 1 heterocycles. The van der Waals surface area contributed by atoms with Gasteiger partial charge in [0.25, 0.3) is 0 Å². The van der Waals surface area contributed by atoms with Gasteiger partial charge in [0, 0.05) is 42.8 Å². The van der Waals surface area contributed by atoms with Gasteiger partial charge >= 0.3 is 0 Å². The van der Waals surface area contributed by atoms with Crippen molar-refractivity contribution >= 4 is 36.4 Å². The quantitative estimate of drug-likeness (QED) is 0.816. The van der Waals surface area contributed by atoms with Gasteiger partial charge in [-0.05, 0) is 24.0 Å². The largest absolute Gasteiger partial charge is 0.314 e. The average molecular weight is 372 g/mol. The summed E-state index contributed by atoms with van der Waals surface area (Å²) in [5, 5.41) is 3.88. The van der Waals surface area contributed by atoms with Crippen LogP contribution < -0.4 is 5.32 Å². The van der Waals surface area contributed by atoms with E-state index in [1.807, 2.05) is 6.07 Å². The highest BCUT2D eigenvalue weighted by atomic mass is 35.5. The first kappa shape index (κ1) is 21.9. The van der Waals surface area contributed by atoms with E-state index >= 15 is 0 Å². The standard InChI is InChI=1S/C16H24ClFN2.2ClH/c1-11-5-6-12(17)13(14(11)18)15(16(2,3)4)20-9-7-19-8-10-20;;/h5-6,15,19H,7-10H2,1-4H3;2*1H/t15-;;/m0../s1. The number of rotatable bonds is 2. The molecule has 6 heteroatoms. The Hall–Kier alpha value is -0.0600. The summed E-state index contributed by atoms with van der Waals surface area (Å²) in [5.74, 6) is -0.157. The topological polar surface area (TPSA) is 15.3 Å². The summed E-state index contributed by atoms with van der Waals surface area (Å²) in [7, 11) is 0. The minimum Gasteiger partial charge on any atom is -0.314 e. The first-order valence-corrected chi connectivity index (χ1v) is 7.59. The molecule has 0 amide bonds. The molecule has 0 unspecified atom stereocenters. The van der Waals surface area contributed by atoms with Crippen LogP contribution in [0.2, 0.25) is 5.02 Å². The van der Waals surface area contributed by atoms with E-state index in [-0.39, 0.29) is 42.1 Å². The van der Waals surface area contributed by atoms with Gasteiger partial charge in [0.2, 0.25) is 0 Å². The highest BCUT2D eigenvalue weighted by Crippen LogP contribution is 2.42. The molecule has 1 saturated heterocycles. The third-order valence-corrected chi connectivity index (χ3v) is 4.26. The minimum atomic E-state index is -0.157. The molecule has 2 nitrogen and oxygen atoms in total. The number of benzene rings is 1. The lowest BCUT2D eigenvalue weighted by atomic mass is 9.80. The molecule has 1 aromatic carbocycles. The molecule has 0 saturated carbocycles. The molecule has 1 aromatic rings. The molecule has 22 heavy (non-hydrogen) atoms. The number of nitrogens with zero attached hydrogens (tertiary/aromatic N) is 1. The lowest BCUT2D eigenvalue weighted by Gasteiger charge is -2.43. The maximum absolute atomic E-state index is 14.7. The van der Waals surface area contributed by atoms with E-state index in [2.05, 4.69) is 31.0 Å². The number of nitrogens with one attached hydrogen (secondary N) is 1. The van der Waals surface area contributed by atoms with Crippen molar-refractivity contribution in [2.45, 2.75) is 33.7 Å². The molecule has 2 rings (SSSR count). The van der Waals surface area contributed by atoms with E-state index in [1.54, 1.807) is 13.0 Å². The summed E-state index contributed by atoms with van der Waals surface area (Å²) in [5.41, 5.74) is 1.24. The minimum absolute atomic E-state index is 0. The fourth-order valence-corrected chi connectivity index (χ4v) is 3.28. The fourth-order valence-electron chi connectivity index (χ4n) is 3.03. The molecule has 1 atom stereocenters. The number of hydrogen-bond acceptors (Lipinski definition) is 2. The Labute approximate surface area is 150 Å². The molecule has 1 aliphatic heterocycles. The molecular formula is C16H26Cl3FN2. The van der Waals surface area contributed by atoms with E-state index < -0.39 is 0 Å². The SMILES string of the molecule is Cc1ccc(Cl)c([C@H](N2CCNCC2)C(C)(C)C)c1F.Cl.Cl. The van der Waals surface area contributed by atoms with E-state index in [4.69, 9.17) is 11.6 Å².